The van der Waals surface area contributed by atoms with Gasteiger partial charge in [0.2, 0.25) is 0 Å². The molecule has 4 nitrogen and oxygen atoms in total. The summed E-state index contributed by atoms with van der Waals surface area (Å²) in [6, 6.07) is 7.81. The number of amides is 1. The number of carbonyl (C=O) groups excluding carboxylic acids is 1. The topological polar surface area (TPSA) is 55.6 Å². The minimum absolute atomic E-state index is 0. The van der Waals surface area contributed by atoms with Gasteiger partial charge < -0.3 is 15.4 Å². The lowest BCUT2D eigenvalue weighted by molar-refractivity contribution is -0.137. The molecule has 0 radical (unpaired) electrons. The molecule has 5 heteroatoms. The third-order valence-corrected chi connectivity index (χ3v) is 3.94. The zero-order chi connectivity index (χ0) is 14.5. The van der Waals surface area contributed by atoms with Crippen molar-refractivity contribution in [1.29, 1.82) is 0 Å². The molecular formula is C16H25ClN2O2. The third-order valence-electron chi connectivity index (χ3n) is 3.94. The van der Waals surface area contributed by atoms with E-state index in [0.29, 0.717) is 18.9 Å². The summed E-state index contributed by atoms with van der Waals surface area (Å²) in [5, 5.41) is 0. The first kappa shape index (κ1) is 17.8. The molecule has 2 atom stereocenters. The highest BCUT2D eigenvalue weighted by molar-refractivity contribution is 5.85. The summed E-state index contributed by atoms with van der Waals surface area (Å²) < 4.78 is 5.92. The summed E-state index contributed by atoms with van der Waals surface area (Å²) >= 11 is 0. The smallest absolute Gasteiger partial charge is 0.263 e. The van der Waals surface area contributed by atoms with E-state index in [1.807, 2.05) is 43.0 Å². The molecule has 1 aromatic rings. The molecule has 0 saturated carbocycles. The van der Waals surface area contributed by atoms with Crippen LogP contribution < -0.4 is 10.5 Å². The Morgan fingerprint density at radius 2 is 2.19 bits per heavy atom. The second-order valence-corrected chi connectivity index (χ2v) is 5.45. The number of para-hydroxylation sites is 1. The molecule has 21 heavy (non-hydrogen) atoms. The molecule has 1 heterocycles. The van der Waals surface area contributed by atoms with Crippen molar-refractivity contribution in [2.45, 2.75) is 32.8 Å². The summed E-state index contributed by atoms with van der Waals surface area (Å²) in [6.45, 7) is 6.20. The van der Waals surface area contributed by atoms with E-state index in [2.05, 4.69) is 0 Å². The monoisotopic (exact) mass is 312 g/mol. The fraction of sp³-hybridized carbons (Fsp3) is 0.562. The minimum Gasteiger partial charge on any atom is -0.480 e. The lowest BCUT2D eigenvalue weighted by Gasteiger charge is -2.24. The predicted octanol–water partition coefficient (Wildman–Crippen LogP) is 2.38. The first-order valence-corrected chi connectivity index (χ1v) is 7.36. The molecular weight excluding hydrogens is 288 g/mol. The summed E-state index contributed by atoms with van der Waals surface area (Å²) in [4.78, 5) is 14.4. The van der Waals surface area contributed by atoms with Gasteiger partial charge in [-0.15, -0.1) is 12.4 Å². The van der Waals surface area contributed by atoms with E-state index >= 15 is 0 Å². The number of hydrogen-bond acceptors (Lipinski definition) is 3. The highest BCUT2D eigenvalue weighted by Crippen LogP contribution is 2.22. The van der Waals surface area contributed by atoms with Gasteiger partial charge in [0.05, 0.1) is 0 Å². The fourth-order valence-corrected chi connectivity index (χ4v) is 2.58. The Balaban J connectivity index is 0.00000220. The number of nitrogens with two attached hydrogens (primary N) is 1. The van der Waals surface area contributed by atoms with Crippen LogP contribution in [-0.4, -0.2) is 36.5 Å². The molecule has 1 aliphatic heterocycles. The lowest BCUT2D eigenvalue weighted by Crippen LogP contribution is -2.40. The highest BCUT2D eigenvalue weighted by atomic mass is 35.5. The van der Waals surface area contributed by atoms with Crippen molar-refractivity contribution in [2.24, 2.45) is 11.7 Å². The molecule has 118 valence electrons. The Morgan fingerprint density at radius 3 is 2.76 bits per heavy atom. The number of benzene rings is 1. The van der Waals surface area contributed by atoms with Gasteiger partial charge in [0.15, 0.2) is 6.10 Å². The molecule has 1 aromatic carbocycles. The largest absolute Gasteiger partial charge is 0.480 e. The van der Waals surface area contributed by atoms with Crippen LogP contribution in [0.4, 0.5) is 0 Å². The number of carbonyl (C=O) groups is 1. The van der Waals surface area contributed by atoms with Crippen molar-refractivity contribution < 1.29 is 9.53 Å². The predicted molar refractivity (Wildman–Crippen MR) is 86.9 cm³/mol. The number of likely N-dealkylation sites (tertiary alicyclic amines) is 1. The van der Waals surface area contributed by atoms with Crippen LogP contribution >= 0.6 is 12.4 Å². The van der Waals surface area contributed by atoms with Crippen LogP contribution in [-0.2, 0) is 4.79 Å². The Kier molecular flexibility index (Phi) is 6.99. The Labute approximate surface area is 133 Å². The second kappa shape index (κ2) is 8.25. The van der Waals surface area contributed by atoms with Crippen LogP contribution in [0.15, 0.2) is 24.3 Å². The summed E-state index contributed by atoms with van der Waals surface area (Å²) in [5.41, 5.74) is 6.73. The van der Waals surface area contributed by atoms with E-state index in [-0.39, 0.29) is 18.3 Å². The molecule has 0 aromatic heterocycles. The molecule has 1 aliphatic rings. The molecule has 1 amide bonds. The van der Waals surface area contributed by atoms with Gasteiger partial charge in [0.25, 0.3) is 5.91 Å². The highest BCUT2D eigenvalue weighted by Gasteiger charge is 2.30. The number of rotatable bonds is 5. The van der Waals surface area contributed by atoms with Gasteiger partial charge in [-0.1, -0.05) is 25.1 Å². The van der Waals surface area contributed by atoms with E-state index < -0.39 is 6.10 Å². The van der Waals surface area contributed by atoms with E-state index in [1.54, 1.807) is 0 Å². The number of ether oxygens (including phenoxy) is 1. The average molecular weight is 313 g/mol. The van der Waals surface area contributed by atoms with Crippen molar-refractivity contribution in [3.8, 4) is 5.75 Å². The quantitative estimate of drug-likeness (QED) is 0.908. The van der Waals surface area contributed by atoms with Crippen LogP contribution in [0.2, 0.25) is 0 Å². The lowest BCUT2D eigenvalue weighted by atomic mass is 10.1. The first-order valence-electron chi connectivity index (χ1n) is 7.36. The van der Waals surface area contributed by atoms with Crippen molar-refractivity contribution in [1.82, 2.24) is 4.90 Å². The summed E-state index contributed by atoms with van der Waals surface area (Å²) in [5.74, 6) is 1.32. The van der Waals surface area contributed by atoms with Crippen molar-refractivity contribution in [3.05, 3.63) is 29.8 Å². The molecule has 1 fully saturated rings. The second-order valence-electron chi connectivity index (χ2n) is 5.45. The normalized spacial score (nSPS) is 19.0. The number of hydrogen-bond donors (Lipinski definition) is 1. The molecule has 1 saturated heterocycles. The van der Waals surface area contributed by atoms with Gasteiger partial charge >= 0.3 is 0 Å². The molecule has 2 rings (SSSR count). The summed E-state index contributed by atoms with van der Waals surface area (Å²) in [7, 11) is 0. The van der Waals surface area contributed by atoms with Gasteiger partial charge in [0.1, 0.15) is 5.75 Å². The number of halogens is 1. The van der Waals surface area contributed by atoms with Crippen molar-refractivity contribution >= 4 is 18.3 Å². The van der Waals surface area contributed by atoms with E-state index in [1.165, 1.54) is 0 Å². The summed E-state index contributed by atoms with van der Waals surface area (Å²) in [6.07, 6.45) is 1.28. The Hall–Kier alpha value is -1.26. The zero-order valence-electron chi connectivity index (χ0n) is 12.7. The van der Waals surface area contributed by atoms with Crippen LogP contribution in [0.5, 0.6) is 5.75 Å². The Morgan fingerprint density at radius 1 is 1.48 bits per heavy atom. The van der Waals surface area contributed by atoms with Crippen molar-refractivity contribution in [3.63, 3.8) is 0 Å². The molecule has 0 spiro atoms. The van der Waals surface area contributed by atoms with Crippen LogP contribution in [0.1, 0.15) is 25.3 Å². The maximum atomic E-state index is 12.5. The maximum absolute atomic E-state index is 12.5. The first-order chi connectivity index (χ1) is 9.65. The van der Waals surface area contributed by atoms with Crippen LogP contribution in [0, 0.1) is 12.8 Å². The van der Waals surface area contributed by atoms with Gasteiger partial charge in [-0.25, -0.2) is 0 Å². The molecule has 2 unspecified atom stereocenters. The molecule has 0 bridgehead atoms. The van der Waals surface area contributed by atoms with E-state index in [0.717, 1.165) is 30.8 Å². The fourth-order valence-electron chi connectivity index (χ4n) is 2.58. The maximum Gasteiger partial charge on any atom is 0.263 e. The number of aryl methyl sites for hydroxylation is 1. The van der Waals surface area contributed by atoms with Crippen LogP contribution in [0.25, 0.3) is 0 Å². The average Bonchev–Trinajstić information content (AvgIpc) is 2.94. The zero-order valence-corrected chi connectivity index (χ0v) is 13.6. The van der Waals surface area contributed by atoms with Gasteiger partial charge in [-0.05, 0) is 43.9 Å². The van der Waals surface area contributed by atoms with Crippen LogP contribution in [0.3, 0.4) is 0 Å². The van der Waals surface area contributed by atoms with Crippen molar-refractivity contribution in [2.75, 3.05) is 19.6 Å². The van der Waals surface area contributed by atoms with E-state index in [9.17, 15) is 4.79 Å². The van der Waals surface area contributed by atoms with E-state index in [4.69, 9.17) is 10.5 Å². The van der Waals surface area contributed by atoms with Gasteiger partial charge in [0, 0.05) is 13.1 Å². The Bertz CT molecular complexity index is 467. The van der Waals surface area contributed by atoms with Gasteiger partial charge in [-0.2, -0.15) is 0 Å². The standard InChI is InChI=1S/C16H24N2O2.ClH/c1-3-14(20-15-7-5-4-6-12(15)2)16(19)18-9-8-13(10-17)11-18;/h4-7,13-14H,3,8-11,17H2,1-2H3;1H. The minimum atomic E-state index is -0.396. The number of nitrogens with zero attached hydrogens (tertiary/aromatic N) is 1. The molecule has 2 N–H and O–H groups in total. The third kappa shape index (κ3) is 4.35. The molecule has 0 aliphatic carbocycles. The SMILES string of the molecule is CCC(Oc1ccccc1C)C(=O)N1CCC(CN)C1.Cl. The van der Waals surface area contributed by atoms with Gasteiger partial charge in [-0.3, -0.25) is 4.79 Å².